The van der Waals surface area contributed by atoms with Gasteiger partial charge in [0.15, 0.2) is 11.1 Å². The standard InChI is InChI=1S/C18H14ClN5O2S/c1-8-4-9(2)13-10(5-8)17(26)24-16(22-13)11(6-20)15(25)14-12(19)7-21-18(23-14)27-3/h4-5,7,11H,1-3H3,(H,22,24,26)/t11-/m1/s1. The second kappa shape index (κ2) is 7.47. The number of benzene rings is 1. The lowest BCUT2D eigenvalue weighted by molar-refractivity contribution is 0.0970. The first kappa shape index (κ1) is 19.0. The maximum absolute atomic E-state index is 12.9. The molecule has 0 bridgehead atoms. The Morgan fingerprint density at radius 1 is 1.33 bits per heavy atom. The highest BCUT2D eigenvalue weighted by atomic mass is 35.5. The first-order valence-electron chi connectivity index (χ1n) is 7.87. The molecule has 27 heavy (non-hydrogen) atoms. The Morgan fingerprint density at radius 2 is 2.07 bits per heavy atom. The number of Topliss-reactive ketones (excluding diaryl/α,β-unsaturated/α-hetero) is 1. The number of hydrogen-bond acceptors (Lipinski definition) is 7. The van der Waals surface area contributed by atoms with E-state index >= 15 is 0 Å². The highest BCUT2D eigenvalue weighted by Crippen LogP contribution is 2.24. The van der Waals surface area contributed by atoms with E-state index in [0.29, 0.717) is 16.1 Å². The van der Waals surface area contributed by atoms with Crippen molar-refractivity contribution in [1.29, 1.82) is 5.26 Å². The summed E-state index contributed by atoms with van der Waals surface area (Å²) in [5, 5.41) is 10.4. The second-order valence-corrected chi connectivity index (χ2v) is 7.09. The van der Waals surface area contributed by atoms with Crippen molar-refractivity contribution >= 4 is 40.0 Å². The molecule has 3 rings (SSSR count). The molecule has 0 aliphatic carbocycles. The van der Waals surface area contributed by atoms with Crippen molar-refractivity contribution in [1.82, 2.24) is 19.9 Å². The summed E-state index contributed by atoms with van der Waals surface area (Å²) in [4.78, 5) is 40.4. The van der Waals surface area contributed by atoms with Gasteiger partial charge in [0.05, 0.1) is 28.2 Å². The third-order valence-corrected chi connectivity index (χ3v) is 4.80. The zero-order valence-corrected chi connectivity index (χ0v) is 16.3. The van der Waals surface area contributed by atoms with Gasteiger partial charge in [0, 0.05) is 0 Å². The van der Waals surface area contributed by atoms with Crippen LogP contribution in [0.2, 0.25) is 5.02 Å². The van der Waals surface area contributed by atoms with Crippen molar-refractivity contribution in [3.8, 4) is 6.07 Å². The van der Waals surface area contributed by atoms with E-state index in [9.17, 15) is 14.9 Å². The van der Waals surface area contributed by atoms with E-state index in [4.69, 9.17) is 11.6 Å². The van der Waals surface area contributed by atoms with Gasteiger partial charge in [-0.25, -0.2) is 15.0 Å². The van der Waals surface area contributed by atoms with Gasteiger partial charge in [-0.05, 0) is 37.3 Å². The van der Waals surface area contributed by atoms with Crippen LogP contribution in [0.1, 0.15) is 33.4 Å². The van der Waals surface area contributed by atoms with Crippen molar-refractivity contribution in [3.63, 3.8) is 0 Å². The largest absolute Gasteiger partial charge is 0.308 e. The lowest BCUT2D eigenvalue weighted by Gasteiger charge is -2.11. The Kier molecular flexibility index (Phi) is 5.26. The Bertz CT molecular complexity index is 1170. The number of carbonyl (C=O) groups is 1. The topological polar surface area (TPSA) is 112 Å². The van der Waals surface area contributed by atoms with Crippen LogP contribution in [0.25, 0.3) is 10.9 Å². The van der Waals surface area contributed by atoms with Crippen molar-refractivity contribution in [3.05, 3.63) is 56.4 Å². The van der Waals surface area contributed by atoms with Gasteiger partial charge in [0.1, 0.15) is 11.5 Å². The van der Waals surface area contributed by atoms with Gasteiger partial charge in [0.25, 0.3) is 5.56 Å². The molecule has 0 amide bonds. The van der Waals surface area contributed by atoms with E-state index in [1.807, 2.05) is 26.0 Å². The fourth-order valence-corrected chi connectivity index (χ4v) is 3.28. The normalized spacial score (nSPS) is 12.0. The van der Waals surface area contributed by atoms with Crippen LogP contribution in [0.15, 0.2) is 28.3 Å². The van der Waals surface area contributed by atoms with E-state index < -0.39 is 17.3 Å². The summed E-state index contributed by atoms with van der Waals surface area (Å²) >= 11 is 7.29. The lowest BCUT2D eigenvalue weighted by Crippen LogP contribution is -2.21. The van der Waals surface area contributed by atoms with E-state index in [0.717, 1.165) is 11.1 Å². The van der Waals surface area contributed by atoms with Crippen LogP contribution in [-0.4, -0.2) is 32.0 Å². The summed E-state index contributed by atoms with van der Waals surface area (Å²) in [5.41, 5.74) is 1.67. The first-order chi connectivity index (χ1) is 12.8. The predicted octanol–water partition coefficient (Wildman–Crippen LogP) is 3.20. The second-order valence-electron chi connectivity index (χ2n) is 5.91. The number of thioether (sulfide) groups is 1. The molecular formula is C18H14ClN5O2S. The van der Waals surface area contributed by atoms with Gasteiger partial charge in [-0.15, -0.1) is 0 Å². The molecule has 1 N–H and O–H groups in total. The Hall–Kier alpha value is -2.76. The fraction of sp³-hybridized carbons (Fsp3) is 0.222. The van der Waals surface area contributed by atoms with Crippen molar-refractivity contribution in [2.24, 2.45) is 0 Å². The molecule has 1 aromatic carbocycles. The average Bonchev–Trinajstić information content (AvgIpc) is 2.63. The van der Waals surface area contributed by atoms with Crippen molar-refractivity contribution < 1.29 is 4.79 Å². The molecule has 3 aromatic rings. The number of H-pyrrole nitrogens is 1. The number of ketones is 1. The highest BCUT2D eigenvalue weighted by molar-refractivity contribution is 7.98. The summed E-state index contributed by atoms with van der Waals surface area (Å²) in [6.45, 7) is 3.70. The third kappa shape index (κ3) is 3.56. The van der Waals surface area contributed by atoms with Gasteiger partial charge in [-0.1, -0.05) is 29.4 Å². The minimum absolute atomic E-state index is 0.0349. The molecule has 2 aromatic heterocycles. The van der Waals surface area contributed by atoms with Gasteiger partial charge in [-0.2, -0.15) is 5.26 Å². The average molecular weight is 400 g/mol. The Labute approximate surface area is 163 Å². The molecule has 7 nitrogen and oxygen atoms in total. The molecule has 0 saturated heterocycles. The third-order valence-electron chi connectivity index (χ3n) is 3.97. The first-order valence-corrected chi connectivity index (χ1v) is 9.47. The molecule has 136 valence electrons. The number of rotatable bonds is 4. The summed E-state index contributed by atoms with van der Waals surface area (Å²) < 4.78 is 0. The van der Waals surface area contributed by atoms with Crippen LogP contribution < -0.4 is 5.56 Å². The Morgan fingerprint density at radius 3 is 2.74 bits per heavy atom. The summed E-state index contributed by atoms with van der Waals surface area (Å²) in [6.07, 6.45) is 3.07. The molecule has 1 atom stereocenters. The molecule has 0 fully saturated rings. The fourth-order valence-electron chi connectivity index (χ4n) is 2.75. The van der Waals surface area contributed by atoms with Crippen LogP contribution in [-0.2, 0) is 0 Å². The van der Waals surface area contributed by atoms with Crippen molar-refractivity contribution in [2.45, 2.75) is 24.9 Å². The minimum atomic E-state index is -1.34. The van der Waals surface area contributed by atoms with Crippen LogP contribution in [0.5, 0.6) is 0 Å². The number of carbonyl (C=O) groups excluding carboxylic acids is 1. The maximum atomic E-state index is 12.9. The SMILES string of the molecule is CSc1ncc(Cl)c(C(=O)[C@@H](C#N)c2nc3c(C)cc(C)cc3c(=O)[nH]2)n1. The molecule has 0 saturated carbocycles. The zero-order chi connectivity index (χ0) is 19.7. The molecule has 0 aliphatic heterocycles. The van der Waals surface area contributed by atoms with Crippen LogP contribution in [0, 0.1) is 25.2 Å². The molecule has 0 unspecified atom stereocenters. The Balaban J connectivity index is 2.15. The molecule has 9 heteroatoms. The van der Waals surface area contributed by atoms with Gasteiger partial charge in [-0.3, -0.25) is 9.59 Å². The molecule has 2 heterocycles. The number of aryl methyl sites for hydroxylation is 2. The summed E-state index contributed by atoms with van der Waals surface area (Å²) in [6, 6.07) is 5.49. The highest BCUT2D eigenvalue weighted by Gasteiger charge is 2.28. The number of aromatic amines is 1. The van der Waals surface area contributed by atoms with E-state index in [-0.39, 0.29) is 16.5 Å². The zero-order valence-electron chi connectivity index (χ0n) is 14.7. The number of hydrogen-bond donors (Lipinski definition) is 1. The number of nitriles is 1. The van der Waals surface area contributed by atoms with Gasteiger partial charge in [0.2, 0.25) is 5.78 Å². The molecule has 0 radical (unpaired) electrons. The summed E-state index contributed by atoms with van der Waals surface area (Å²) in [5.74, 6) is -2.02. The number of fused-ring (bicyclic) bond motifs is 1. The quantitative estimate of drug-likeness (QED) is 0.407. The summed E-state index contributed by atoms with van der Waals surface area (Å²) in [7, 11) is 0. The number of halogens is 1. The van der Waals surface area contributed by atoms with E-state index in [2.05, 4.69) is 19.9 Å². The molecule has 0 spiro atoms. The lowest BCUT2D eigenvalue weighted by atomic mass is 10.0. The number of nitrogens with one attached hydrogen (secondary N) is 1. The van der Waals surface area contributed by atoms with Crippen molar-refractivity contribution in [2.75, 3.05) is 6.26 Å². The van der Waals surface area contributed by atoms with E-state index in [1.165, 1.54) is 18.0 Å². The van der Waals surface area contributed by atoms with Gasteiger partial charge >= 0.3 is 0 Å². The smallest absolute Gasteiger partial charge is 0.258 e. The number of nitrogens with zero attached hydrogens (tertiary/aromatic N) is 4. The number of aromatic nitrogens is 4. The maximum Gasteiger partial charge on any atom is 0.258 e. The minimum Gasteiger partial charge on any atom is -0.308 e. The van der Waals surface area contributed by atoms with E-state index in [1.54, 1.807) is 12.3 Å². The van der Waals surface area contributed by atoms with Gasteiger partial charge < -0.3 is 4.98 Å². The monoisotopic (exact) mass is 399 g/mol. The van der Waals surface area contributed by atoms with Crippen LogP contribution in [0.3, 0.4) is 0 Å². The predicted molar refractivity (Wildman–Crippen MR) is 103 cm³/mol. The van der Waals surface area contributed by atoms with Crippen LogP contribution in [0.4, 0.5) is 0 Å². The van der Waals surface area contributed by atoms with Crippen LogP contribution >= 0.6 is 23.4 Å². The molecular weight excluding hydrogens is 386 g/mol. The molecule has 0 aliphatic rings.